The van der Waals surface area contributed by atoms with Gasteiger partial charge >= 0.3 is 0 Å². The first-order valence-electron chi connectivity index (χ1n) is 4.07. The van der Waals surface area contributed by atoms with Crippen LogP contribution in [0.4, 0.5) is 5.69 Å². The van der Waals surface area contributed by atoms with Gasteiger partial charge in [0.1, 0.15) is 0 Å². The lowest BCUT2D eigenvalue weighted by atomic mass is 10.1. The van der Waals surface area contributed by atoms with Crippen molar-refractivity contribution in [3.63, 3.8) is 0 Å². The van der Waals surface area contributed by atoms with Gasteiger partial charge in [-0.1, -0.05) is 24.4 Å². The summed E-state index contributed by atoms with van der Waals surface area (Å²) >= 11 is 9.32. The first-order valence-corrected chi connectivity index (χ1v) is 5.00. The molecule has 1 aromatic carbocycles. The number of hydrogen-bond donors (Lipinski definition) is 1. The number of thiol groups is 1. The fraction of sp³-hybridized carbons (Fsp3) is 0.222. The molecule has 0 radical (unpaired) electrons. The minimum absolute atomic E-state index is 0.107. The van der Waals surface area contributed by atoms with Crippen LogP contribution in [-0.2, 0) is 0 Å². The van der Waals surface area contributed by atoms with Gasteiger partial charge < -0.3 is 0 Å². The van der Waals surface area contributed by atoms with Crippen molar-refractivity contribution in [3.05, 3.63) is 39.9 Å². The van der Waals surface area contributed by atoms with Crippen LogP contribution in [0.15, 0.2) is 24.3 Å². The average Bonchev–Trinajstić information content (AvgIpc) is 2.75. The molecule has 1 aliphatic carbocycles. The molecule has 5 heteroatoms. The topological polar surface area (TPSA) is 43.1 Å². The van der Waals surface area contributed by atoms with E-state index in [2.05, 4.69) is 12.6 Å². The standard InChI is InChI=1S/C9H7NO2S2/c11-10(12)6-3-1-5(2-4-6)7-8(13)9(7)14/h1-4,7-8,13H. The van der Waals surface area contributed by atoms with E-state index in [9.17, 15) is 10.1 Å². The highest BCUT2D eigenvalue weighted by Gasteiger charge is 2.42. The van der Waals surface area contributed by atoms with Gasteiger partial charge in [-0.25, -0.2) is 0 Å². The zero-order chi connectivity index (χ0) is 10.3. The molecule has 0 heterocycles. The van der Waals surface area contributed by atoms with Crippen molar-refractivity contribution in [2.24, 2.45) is 0 Å². The molecule has 0 saturated heterocycles. The molecule has 0 spiro atoms. The lowest BCUT2D eigenvalue weighted by Gasteiger charge is -1.96. The highest BCUT2D eigenvalue weighted by atomic mass is 32.1. The maximum absolute atomic E-state index is 10.4. The van der Waals surface area contributed by atoms with Crippen LogP contribution in [0.5, 0.6) is 0 Å². The Bertz CT molecular complexity index is 402. The second kappa shape index (κ2) is 3.33. The number of nitrogens with zero attached hydrogens (tertiary/aromatic N) is 1. The summed E-state index contributed by atoms with van der Waals surface area (Å²) in [6.07, 6.45) is 0. The summed E-state index contributed by atoms with van der Waals surface area (Å²) in [5.41, 5.74) is 1.12. The van der Waals surface area contributed by atoms with Crippen LogP contribution in [0.2, 0.25) is 0 Å². The van der Waals surface area contributed by atoms with Gasteiger partial charge in [0.15, 0.2) is 0 Å². The first kappa shape index (κ1) is 9.61. The maximum atomic E-state index is 10.4. The SMILES string of the molecule is O=[N+]([O-])c1ccc(C2C(=S)C2S)cc1. The molecule has 1 aromatic rings. The van der Waals surface area contributed by atoms with E-state index < -0.39 is 4.92 Å². The van der Waals surface area contributed by atoms with E-state index in [1.165, 1.54) is 12.1 Å². The van der Waals surface area contributed by atoms with Gasteiger partial charge in [-0.15, -0.1) is 0 Å². The predicted molar refractivity (Wildman–Crippen MR) is 61.2 cm³/mol. The van der Waals surface area contributed by atoms with Gasteiger partial charge in [-0.2, -0.15) is 12.6 Å². The van der Waals surface area contributed by atoms with E-state index in [0.717, 1.165) is 10.4 Å². The van der Waals surface area contributed by atoms with Crippen LogP contribution in [0, 0.1) is 10.1 Å². The summed E-state index contributed by atoms with van der Waals surface area (Å²) in [6, 6.07) is 6.48. The lowest BCUT2D eigenvalue weighted by molar-refractivity contribution is -0.384. The molecule has 0 aromatic heterocycles. The van der Waals surface area contributed by atoms with Crippen LogP contribution < -0.4 is 0 Å². The number of nitro benzene ring substituents is 1. The predicted octanol–water partition coefficient (Wildman–Crippen LogP) is 2.36. The Balaban J connectivity index is 2.23. The highest BCUT2D eigenvalue weighted by Crippen LogP contribution is 2.42. The summed E-state index contributed by atoms with van der Waals surface area (Å²) in [5.74, 6) is 0.203. The van der Waals surface area contributed by atoms with Crippen LogP contribution in [0.25, 0.3) is 0 Å². The van der Waals surface area contributed by atoms with Crippen molar-refractivity contribution in [2.45, 2.75) is 11.2 Å². The quantitative estimate of drug-likeness (QED) is 0.363. The number of benzene rings is 1. The summed E-state index contributed by atoms with van der Waals surface area (Å²) in [4.78, 5) is 10.9. The molecular weight excluding hydrogens is 218 g/mol. The van der Waals surface area contributed by atoms with Gasteiger partial charge in [0.05, 0.1) is 4.92 Å². The van der Waals surface area contributed by atoms with Crippen LogP contribution >= 0.6 is 24.8 Å². The molecule has 0 bridgehead atoms. The molecule has 2 rings (SSSR count). The summed E-state index contributed by atoms with van der Waals surface area (Å²) in [7, 11) is 0. The Kier molecular flexibility index (Phi) is 2.28. The van der Waals surface area contributed by atoms with E-state index in [0.29, 0.717) is 0 Å². The van der Waals surface area contributed by atoms with Gasteiger partial charge in [0.2, 0.25) is 0 Å². The zero-order valence-electron chi connectivity index (χ0n) is 7.08. The van der Waals surface area contributed by atoms with E-state index in [4.69, 9.17) is 12.2 Å². The minimum atomic E-state index is -0.410. The van der Waals surface area contributed by atoms with Gasteiger partial charge in [-0.05, 0) is 5.56 Å². The lowest BCUT2D eigenvalue weighted by Crippen LogP contribution is -1.88. The third kappa shape index (κ3) is 1.53. The Morgan fingerprint density at radius 1 is 1.36 bits per heavy atom. The van der Waals surface area contributed by atoms with Crippen molar-refractivity contribution in [1.82, 2.24) is 0 Å². The molecule has 0 amide bonds. The molecule has 1 aliphatic rings. The molecule has 2 unspecified atom stereocenters. The molecule has 2 atom stereocenters. The van der Waals surface area contributed by atoms with Gasteiger partial charge in [0.25, 0.3) is 5.69 Å². The number of nitro groups is 1. The summed E-state index contributed by atoms with van der Waals surface area (Å²) in [6.45, 7) is 0. The number of non-ortho nitro benzene ring substituents is 1. The van der Waals surface area contributed by atoms with Crippen LogP contribution in [-0.4, -0.2) is 15.0 Å². The normalized spacial score (nSPS) is 24.8. The van der Waals surface area contributed by atoms with Crippen molar-refractivity contribution in [2.75, 3.05) is 0 Å². The molecular formula is C9H7NO2S2. The Morgan fingerprint density at radius 2 is 1.86 bits per heavy atom. The fourth-order valence-electron chi connectivity index (χ4n) is 1.38. The van der Waals surface area contributed by atoms with Gasteiger partial charge in [0, 0.05) is 28.2 Å². The largest absolute Gasteiger partial charge is 0.269 e. The third-order valence-corrected chi connectivity index (χ3v) is 3.53. The molecule has 1 fully saturated rings. The minimum Gasteiger partial charge on any atom is -0.258 e. The van der Waals surface area contributed by atoms with E-state index >= 15 is 0 Å². The monoisotopic (exact) mass is 225 g/mol. The third-order valence-electron chi connectivity index (χ3n) is 2.27. The van der Waals surface area contributed by atoms with Crippen LogP contribution in [0.3, 0.4) is 0 Å². The highest BCUT2D eigenvalue weighted by molar-refractivity contribution is 7.88. The van der Waals surface area contributed by atoms with E-state index in [1.54, 1.807) is 12.1 Å². The molecule has 0 aliphatic heterocycles. The Labute approximate surface area is 91.7 Å². The first-order chi connectivity index (χ1) is 6.61. The van der Waals surface area contributed by atoms with Crippen LogP contribution in [0.1, 0.15) is 11.5 Å². The number of rotatable bonds is 2. The van der Waals surface area contributed by atoms with Crippen molar-refractivity contribution >= 4 is 35.4 Å². The zero-order valence-corrected chi connectivity index (χ0v) is 8.79. The Hall–Kier alpha value is -0.940. The maximum Gasteiger partial charge on any atom is 0.269 e. The summed E-state index contributed by atoms with van der Waals surface area (Å²) < 4.78 is 0. The van der Waals surface area contributed by atoms with Crippen molar-refractivity contribution in [1.29, 1.82) is 0 Å². The van der Waals surface area contributed by atoms with E-state index in [1.807, 2.05) is 0 Å². The number of thiocarbonyl (C=S) groups is 1. The van der Waals surface area contributed by atoms with Crippen molar-refractivity contribution < 1.29 is 4.92 Å². The molecule has 0 N–H and O–H groups in total. The average molecular weight is 225 g/mol. The second-order valence-electron chi connectivity index (χ2n) is 3.17. The summed E-state index contributed by atoms with van der Waals surface area (Å²) in [5, 5.41) is 10.5. The molecule has 1 saturated carbocycles. The van der Waals surface area contributed by atoms with E-state index in [-0.39, 0.29) is 16.9 Å². The second-order valence-corrected chi connectivity index (χ2v) is 4.20. The van der Waals surface area contributed by atoms with Gasteiger partial charge in [-0.3, -0.25) is 10.1 Å². The smallest absolute Gasteiger partial charge is 0.258 e. The fourth-order valence-corrected chi connectivity index (χ4v) is 2.23. The number of hydrogen-bond acceptors (Lipinski definition) is 4. The molecule has 72 valence electrons. The Morgan fingerprint density at radius 3 is 2.21 bits per heavy atom. The van der Waals surface area contributed by atoms with Crippen molar-refractivity contribution in [3.8, 4) is 0 Å². The molecule has 3 nitrogen and oxygen atoms in total. The molecule has 14 heavy (non-hydrogen) atoms.